The summed E-state index contributed by atoms with van der Waals surface area (Å²) in [4.78, 5) is 16.7. The van der Waals surface area contributed by atoms with Crippen LogP contribution in [0.1, 0.15) is 11.1 Å². The van der Waals surface area contributed by atoms with E-state index >= 15 is 0 Å². The van der Waals surface area contributed by atoms with Crippen molar-refractivity contribution in [2.24, 2.45) is 0 Å². The summed E-state index contributed by atoms with van der Waals surface area (Å²) in [5.41, 5.74) is 1.51. The second-order valence-electron chi connectivity index (χ2n) is 4.94. The Balaban J connectivity index is 1.92. The number of benzene rings is 2. The Morgan fingerprint density at radius 2 is 1.83 bits per heavy atom. The molecule has 0 bridgehead atoms. The van der Waals surface area contributed by atoms with Gasteiger partial charge in [-0.25, -0.2) is 4.98 Å². The maximum Gasteiger partial charge on any atom is 0.276 e. The van der Waals surface area contributed by atoms with Crippen molar-refractivity contribution in [3.63, 3.8) is 0 Å². The largest absolute Gasteiger partial charge is 0.472 e. The first-order chi connectivity index (χ1) is 11.7. The van der Waals surface area contributed by atoms with Crippen molar-refractivity contribution < 1.29 is 4.74 Å². The molecule has 1 heterocycles. The zero-order valence-corrected chi connectivity index (χ0v) is 14.1. The molecule has 3 rings (SSSR count). The molecule has 3 aromatic rings. The molecule has 118 valence electrons. The third kappa shape index (κ3) is 3.21. The highest BCUT2D eigenvalue weighted by Crippen LogP contribution is 2.20. The minimum absolute atomic E-state index is 0.216. The van der Waals surface area contributed by atoms with Gasteiger partial charge in [-0.1, -0.05) is 42.5 Å². The highest BCUT2D eigenvalue weighted by Gasteiger charge is 2.13. The van der Waals surface area contributed by atoms with Gasteiger partial charge in [0.25, 0.3) is 5.56 Å². The molecule has 0 unspecified atom stereocenters. The molecule has 0 radical (unpaired) electrons. The Kier molecular flexibility index (Phi) is 4.73. The molecule has 0 N–H and O–H groups in total. The Bertz CT molecular complexity index is 962. The molecule has 0 saturated carbocycles. The Labute approximate surface area is 146 Å². The van der Waals surface area contributed by atoms with Crippen molar-refractivity contribution in [3.05, 3.63) is 86.9 Å². The van der Waals surface area contributed by atoms with Crippen LogP contribution in [0.3, 0.4) is 0 Å². The van der Waals surface area contributed by atoms with Crippen LogP contribution < -0.4 is 10.3 Å². The van der Waals surface area contributed by atoms with Gasteiger partial charge in [0.1, 0.15) is 23.5 Å². The molecular formula is C18H12BrN3O2. The van der Waals surface area contributed by atoms with E-state index in [0.717, 1.165) is 5.56 Å². The van der Waals surface area contributed by atoms with E-state index in [0.29, 0.717) is 17.9 Å². The van der Waals surface area contributed by atoms with Gasteiger partial charge in [0.15, 0.2) is 0 Å². The van der Waals surface area contributed by atoms with Gasteiger partial charge < -0.3 is 4.74 Å². The van der Waals surface area contributed by atoms with Gasteiger partial charge >= 0.3 is 0 Å². The third-order valence-electron chi connectivity index (χ3n) is 3.39. The average Bonchev–Trinajstić information content (AvgIpc) is 2.64. The summed E-state index contributed by atoms with van der Waals surface area (Å²) in [6.45, 7) is 0.310. The number of halogens is 1. The normalized spacial score (nSPS) is 10.2. The van der Waals surface area contributed by atoms with Crippen molar-refractivity contribution in [1.82, 2.24) is 9.55 Å². The van der Waals surface area contributed by atoms with Crippen molar-refractivity contribution in [2.45, 2.75) is 6.61 Å². The molecule has 6 heteroatoms. The lowest BCUT2D eigenvalue weighted by Crippen LogP contribution is -2.21. The van der Waals surface area contributed by atoms with E-state index in [1.54, 1.807) is 24.3 Å². The van der Waals surface area contributed by atoms with Crippen LogP contribution in [-0.2, 0) is 6.61 Å². The number of aromatic nitrogens is 2. The van der Waals surface area contributed by atoms with E-state index in [9.17, 15) is 10.1 Å². The van der Waals surface area contributed by atoms with Gasteiger partial charge in [-0.2, -0.15) is 5.26 Å². The van der Waals surface area contributed by atoms with Crippen LogP contribution in [0, 0.1) is 11.3 Å². The SMILES string of the molecule is N#Cc1ccccc1-n1cnc(OCc2ccccc2)c(Br)c1=O. The van der Waals surface area contributed by atoms with Crippen molar-refractivity contribution in [2.75, 3.05) is 0 Å². The fourth-order valence-electron chi connectivity index (χ4n) is 2.19. The van der Waals surface area contributed by atoms with Crippen LogP contribution in [0.5, 0.6) is 5.88 Å². The van der Waals surface area contributed by atoms with Gasteiger partial charge in [-0.15, -0.1) is 0 Å². The van der Waals surface area contributed by atoms with Gasteiger partial charge in [0.2, 0.25) is 5.88 Å². The second-order valence-corrected chi connectivity index (χ2v) is 5.74. The lowest BCUT2D eigenvalue weighted by atomic mass is 10.2. The number of nitriles is 1. The first kappa shape index (κ1) is 16.0. The average molecular weight is 382 g/mol. The summed E-state index contributed by atoms with van der Waals surface area (Å²) in [7, 11) is 0. The fourth-order valence-corrected chi connectivity index (χ4v) is 2.60. The van der Waals surface area contributed by atoms with E-state index in [4.69, 9.17) is 4.74 Å². The highest BCUT2D eigenvalue weighted by atomic mass is 79.9. The molecule has 0 aliphatic heterocycles. The number of para-hydroxylation sites is 1. The van der Waals surface area contributed by atoms with E-state index in [-0.39, 0.29) is 15.9 Å². The Hall–Kier alpha value is -2.91. The molecule has 2 aromatic carbocycles. The smallest absolute Gasteiger partial charge is 0.276 e. The number of hydrogen-bond acceptors (Lipinski definition) is 4. The first-order valence-electron chi connectivity index (χ1n) is 7.14. The lowest BCUT2D eigenvalue weighted by Gasteiger charge is -2.11. The monoisotopic (exact) mass is 381 g/mol. The zero-order valence-electron chi connectivity index (χ0n) is 12.5. The molecule has 0 saturated heterocycles. The molecule has 0 aliphatic carbocycles. The third-order valence-corrected chi connectivity index (χ3v) is 4.07. The summed E-state index contributed by atoms with van der Waals surface area (Å²) >= 11 is 3.24. The first-order valence-corrected chi connectivity index (χ1v) is 7.93. The molecule has 0 atom stereocenters. The topological polar surface area (TPSA) is 67.9 Å². The molecule has 0 spiro atoms. The van der Waals surface area contributed by atoms with Gasteiger partial charge in [0, 0.05) is 0 Å². The van der Waals surface area contributed by atoms with Crippen molar-refractivity contribution >= 4 is 15.9 Å². The second kappa shape index (κ2) is 7.11. The molecule has 1 aromatic heterocycles. The van der Waals surface area contributed by atoms with Crippen LogP contribution in [-0.4, -0.2) is 9.55 Å². The molecular weight excluding hydrogens is 370 g/mol. The molecule has 5 nitrogen and oxygen atoms in total. The fraction of sp³-hybridized carbons (Fsp3) is 0.0556. The van der Waals surface area contributed by atoms with Gasteiger partial charge in [-0.05, 0) is 33.6 Å². The number of rotatable bonds is 4. The number of nitrogens with zero attached hydrogens (tertiary/aromatic N) is 3. The van der Waals surface area contributed by atoms with Crippen LogP contribution in [0.25, 0.3) is 5.69 Å². The maximum absolute atomic E-state index is 12.6. The Morgan fingerprint density at radius 3 is 2.58 bits per heavy atom. The van der Waals surface area contributed by atoms with Gasteiger partial charge in [-0.3, -0.25) is 9.36 Å². The summed E-state index contributed by atoms with van der Waals surface area (Å²) in [5.74, 6) is 0.217. The van der Waals surface area contributed by atoms with E-state index in [2.05, 4.69) is 27.0 Å². The minimum Gasteiger partial charge on any atom is -0.472 e. The minimum atomic E-state index is -0.337. The summed E-state index contributed by atoms with van der Waals surface area (Å²) < 4.78 is 7.15. The predicted molar refractivity (Wildman–Crippen MR) is 93.0 cm³/mol. The molecule has 0 amide bonds. The Morgan fingerprint density at radius 1 is 1.12 bits per heavy atom. The maximum atomic E-state index is 12.6. The summed E-state index contributed by atoms with van der Waals surface area (Å²) in [6.07, 6.45) is 1.36. The van der Waals surface area contributed by atoms with E-state index in [1.807, 2.05) is 30.3 Å². The van der Waals surface area contributed by atoms with Gasteiger partial charge in [0.05, 0.1) is 11.3 Å². The standard InChI is InChI=1S/C18H12BrN3O2/c19-16-17(24-11-13-6-2-1-3-7-13)21-12-22(18(16)23)15-9-5-4-8-14(15)10-20/h1-9,12H,11H2. The van der Waals surface area contributed by atoms with Crippen molar-refractivity contribution in [3.8, 4) is 17.6 Å². The van der Waals surface area contributed by atoms with Crippen molar-refractivity contribution in [1.29, 1.82) is 5.26 Å². The molecule has 0 aliphatic rings. The predicted octanol–water partition coefficient (Wildman–Crippen LogP) is 3.45. The summed E-state index contributed by atoms with van der Waals surface area (Å²) in [6, 6.07) is 18.5. The van der Waals surface area contributed by atoms with E-state index < -0.39 is 0 Å². The summed E-state index contributed by atoms with van der Waals surface area (Å²) in [5, 5.41) is 9.18. The lowest BCUT2D eigenvalue weighted by molar-refractivity contribution is 0.290. The molecule has 0 fully saturated rings. The number of hydrogen-bond donors (Lipinski definition) is 0. The zero-order chi connectivity index (χ0) is 16.9. The van der Waals surface area contributed by atoms with Crippen LogP contribution in [0.4, 0.5) is 0 Å². The van der Waals surface area contributed by atoms with E-state index in [1.165, 1.54) is 10.9 Å². The highest BCUT2D eigenvalue weighted by molar-refractivity contribution is 9.10. The molecule has 24 heavy (non-hydrogen) atoms. The quantitative estimate of drug-likeness (QED) is 0.693. The number of ether oxygens (including phenoxy) is 1. The van der Waals surface area contributed by atoms with Crippen LogP contribution in [0.2, 0.25) is 0 Å². The van der Waals surface area contributed by atoms with Crippen LogP contribution in [0.15, 0.2) is 70.2 Å². The van der Waals surface area contributed by atoms with Crippen LogP contribution >= 0.6 is 15.9 Å².